The van der Waals surface area contributed by atoms with Crippen LogP contribution in [0.25, 0.3) is 0 Å². The van der Waals surface area contributed by atoms with Crippen LogP contribution < -0.4 is 5.32 Å². The van der Waals surface area contributed by atoms with Crippen molar-refractivity contribution in [1.29, 1.82) is 5.26 Å². The third-order valence-electron chi connectivity index (χ3n) is 3.50. The Labute approximate surface area is 125 Å². The average Bonchev–Trinajstić information content (AvgIpc) is 2.41. The molecule has 2 N–H and O–H groups in total. The van der Waals surface area contributed by atoms with E-state index >= 15 is 0 Å². The van der Waals surface area contributed by atoms with Crippen molar-refractivity contribution in [3.63, 3.8) is 0 Å². The molecule has 1 heterocycles. The summed E-state index contributed by atoms with van der Waals surface area (Å²) in [6.07, 6.45) is 4.67. The van der Waals surface area contributed by atoms with Gasteiger partial charge in [0.05, 0.1) is 12.4 Å². The van der Waals surface area contributed by atoms with Gasteiger partial charge in [-0.2, -0.15) is 5.26 Å². The Bertz CT molecular complexity index is 500. The molecule has 0 saturated heterocycles. The van der Waals surface area contributed by atoms with Crippen molar-refractivity contribution in [3.05, 3.63) is 18.1 Å². The molecular weight excluding hydrogens is 268 g/mol. The van der Waals surface area contributed by atoms with Gasteiger partial charge < -0.3 is 10.4 Å². The Morgan fingerprint density at radius 1 is 1.38 bits per heavy atom. The van der Waals surface area contributed by atoms with Gasteiger partial charge in [-0.05, 0) is 24.2 Å². The van der Waals surface area contributed by atoms with E-state index < -0.39 is 5.97 Å². The Balaban J connectivity index is 2.49. The number of aliphatic carboxylic acids is 1. The lowest BCUT2D eigenvalue weighted by molar-refractivity contribution is -0.137. The monoisotopic (exact) mass is 290 g/mol. The first kappa shape index (κ1) is 16.9. The van der Waals surface area contributed by atoms with Crippen LogP contribution >= 0.6 is 0 Å². The highest BCUT2D eigenvalue weighted by Gasteiger charge is 2.24. The Hall–Kier alpha value is -2.16. The van der Waals surface area contributed by atoms with E-state index in [1.165, 1.54) is 12.4 Å². The zero-order valence-electron chi connectivity index (χ0n) is 12.8. The molecule has 0 saturated carbocycles. The number of rotatable bonds is 7. The van der Waals surface area contributed by atoms with Gasteiger partial charge in [0, 0.05) is 13.0 Å². The lowest BCUT2D eigenvalue weighted by atomic mass is 9.76. The van der Waals surface area contributed by atoms with Crippen molar-refractivity contribution in [2.24, 2.45) is 11.3 Å². The van der Waals surface area contributed by atoms with Gasteiger partial charge in [0.15, 0.2) is 5.69 Å². The standard InChI is InChI=1S/C15H22N4O2/c1-15(2,3)11(4-5-14(20)21)6-7-17-13-10-18-12(8-16)9-19-13/h9-11H,4-7H2,1-3H3,(H,17,19)(H,20,21). The van der Waals surface area contributed by atoms with Crippen LogP contribution in [-0.2, 0) is 4.79 Å². The minimum absolute atomic E-state index is 0.0630. The first-order valence-corrected chi connectivity index (χ1v) is 7.00. The highest BCUT2D eigenvalue weighted by Crippen LogP contribution is 2.32. The predicted octanol–water partition coefficient (Wildman–Crippen LogP) is 2.68. The van der Waals surface area contributed by atoms with E-state index in [0.717, 1.165) is 6.42 Å². The summed E-state index contributed by atoms with van der Waals surface area (Å²) in [6, 6.07) is 1.92. The molecule has 0 amide bonds. The largest absolute Gasteiger partial charge is 0.481 e. The summed E-state index contributed by atoms with van der Waals surface area (Å²) in [6.45, 7) is 7.07. The number of anilines is 1. The Kier molecular flexibility index (Phi) is 6.10. The van der Waals surface area contributed by atoms with Crippen LogP contribution in [0.3, 0.4) is 0 Å². The van der Waals surface area contributed by atoms with E-state index in [4.69, 9.17) is 10.4 Å². The van der Waals surface area contributed by atoms with Crippen molar-refractivity contribution >= 4 is 11.8 Å². The highest BCUT2D eigenvalue weighted by molar-refractivity contribution is 5.66. The van der Waals surface area contributed by atoms with Crippen LogP contribution in [0, 0.1) is 22.7 Å². The number of aromatic nitrogens is 2. The van der Waals surface area contributed by atoms with Gasteiger partial charge in [0.2, 0.25) is 0 Å². The summed E-state index contributed by atoms with van der Waals surface area (Å²) < 4.78 is 0. The Morgan fingerprint density at radius 2 is 2.10 bits per heavy atom. The molecule has 1 atom stereocenters. The second-order valence-corrected chi connectivity index (χ2v) is 6.11. The van der Waals surface area contributed by atoms with Crippen molar-refractivity contribution in [2.45, 2.75) is 40.0 Å². The lowest BCUT2D eigenvalue weighted by Crippen LogP contribution is -2.24. The number of carboxylic acid groups (broad SMARTS) is 1. The minimum Gasteiger partial charge on any atom is -0.481 e. The minimum atomic E-state index is -0.754. The zero-order chi connectivity index (χ0) is 15.9. The summed E-state index contributed by atoms with van der Waals surface area (Å²) in [7, 11) is 0. The average molecular weight is 290 g/mol. The third-order valence-corrected chi connectivity index (χ3v) is 3.50. The number of carbonyl (C=O) groups is 1. The number of nitrogens with zero attached hydrogens (tertiary/aromatic N) is 3. The van der Waals surface area contributed by atoms with Crippen molar-refractivity contribution < 1.29 is 9.90 Å². The maximum Gasteiger partial charge on any atom is 0.303 e. The molecule has 0 aliphatic carbocycles. The zero-order valence-corrected chi connectivity index (χ0v) is 12.8. The first-order chi connectivity index (χ1) is 9.82. The van der Waals surface area contributed by atoms with Gasteiger partial charge in [0.25, 0.3) is 0 Å². The van der Waals surface area contributed by atoms with Crippen molar-refractivity contribution in [1.82, 2.24) is 9.97 Å². The van der Waals surface area contributed by atoms with Gasteiger partial charge in [-0.15, -0.1) is 0 Å². The highest BCUT2D eigenvalue weighted by atomic mass is 16.4. The topological polar surface area (TPSA) is 98.9 Å². The number of carboxylic acids is 1. The number of hydrogen-bond donors (Lipinski definition) is 2. The van der Waals surface area contributed by atoms with Crippen molar-refractivity contribution in [2.75, 3.05) is 11.9 Å². The predicted molar refractivity (Wildman–Crippen MR) is 79.7 cm³/mol. The molecule has 0 aliphatic heterocycles. The fourth-order valence-electron chi connectivity index (χ4n) is 2.16. The van der Waals surface area contributed by atoms with Crippen LogP contribution in [0.4, 0.5) is 5.82 Å². The molecule has 1 aromatic rings. The van der Waals surface area contributed by atoms with E-state index in [1.54, 1.807) is 0 Å². The smallest absolute Gasteiger partial charge is 0.303 e. The van der Waals surface area contributed by atoms with Gasteiger partial charge in [-0.3, -0.25) is 4.79 Å². The molecule has 0 aromatic carbocycles. The van der Waals surface area contributed by atoms with Crippen LogP contribution in [0.1, 0.15) is 45.7 Å². The molecule has 21 heavy (non-hydrogen) atoms. The second kappa shape index (κ2) is 7.58. The second-order valence-electron chi connectivity index (χ2n) is 6.11. The van der Waals surface area contributed by atoms with E-state index in [-0.39, 0.29) is 17.5 Å². The maximum absolute atomic E-state index is 10.7. The van der Waals surface area contributed by atoms with Crippen LogP contribution in [0.15, 0.2) is 12.4 Å². The molecule has 0 bridgehead atoms. The SMILES string of the molecule is CC(C)(C)C(CCNc1cnc(C#N)cn1)CCC(=O)O. The Morgan fingerprint density at radius 3 is 2.57 bits per heavy atom. The molecule has 0 spiro atoms. The summed E-state index contributed by atoms with van der Waals surface area (Å²) in [5.74, 6) is 0.183. The summed E-state index contributed by atoms with van der Waals surface area (Å²) in [5, 5.41) is 20.6. The van der Waals surface area contributed by atoms with Gasteiger partial charge in [-0.1, -0.05) is 20.8 Å². The maximum atomic E-state index is 10.7. The summed E-state index contributed by atoms with van der Waals surface area (Å²) in [4.78, 5) is 18.8. The molecular formula is C15H22N4O2. The molecule has 1 rings (SSSR count). The lowest BCUT2D eigenvalue weighted by Gasteiger charge is -2.30. The van der Waals surface area contributed by atoms with E-state index in [9.17, 15) is 4.79 Å². The molecule has 6 heteroatoms. The number of nitriles is 1. The van der Waals surface area contributed by atoms with E-state index in [2.05, 4.69) is 36.1 Å². The molecule has 0 fully saturated rings. The van der Waals surface area contributed by atoms with Crippen LogP contribution in [0.5, 0.6) is 0 Å². The molecule has 1 aromatic heterocycles. The van der Waals surface area contributed by atoms with Gasteiger partial charge >= 0.3 is 5.97 Å². The van der Waals surface area contributed by atoms with Crippen LogP contribution in [0.2, 0.25) is 0 Å². The van der Waals surface area contributed by atoms with E-state index in [0.29, 0.717) is 24.7 Å². The first-order valence-electron chi connectivity index (χ1n) is 7.00. The van der Waals surface area contributed by atoms with Gasteiger partial charge in [-0.25, -0.2) is 9.97 Å². The molecule has 0 aliphatic rings. The van der Waals surface area contributed by atoms with E-state index in [1.807, 2.05) is 6.07 Å². The molecule has 114 valence electrons. The summed E-state index contributed by atoms with van der Waals surface area (Å²) in [5.41, 5.74) is 0.350. The molecule has 1 unspecified atom stereocenters. The molecule has 6 nitrogen and oxygen atoms in total. The number of nitrogens with one attached hydrogen (secondary N) is 1. The molecule has 0 radical (unpaired) electrons. The fraction of sp³-hybridized carbons (Fsp3) is 0.600. The third kappa shape index (κ3) is 6.21. The normalized spacial score (nSPS) is 12.5. The quantitative estimate of drug-likeness (QED) is 0.801. The number of hydrogen-bond acceptors (Lipinski definition) is 5. The summed E-state index contributed by atoms with van der Waals surface area (Å²) >= 11 is 0. The fourth-order valence-corrected chi connectivity index (χ4v) is 2.16. The van der Waals surface area contributed by atoms with Crippen molar-refractivity contribution in [3.8, 4) is 6.07 Å². The van der Waals surface area contributed by atoms with Crippen LogP contribution in [-0.4, -0.2) is 27.6 Å². The van der Waals surface area contributed by atoms with Gasteiger partial charge in [0.1, 0.15) is 11.9 Å².